The van der Waals surface area contributed by atoms with Crippen LogP contribution in [0.2, 0.25) is 5.02 Å². The van der Waals surface area contributed by atoms with E-state index in [0.717, 1.165) is 17.0 Å². The monoisotopic (exact) mass is 273 g/mol. The van der Waals surface area contributed by atoms with Gasteiger partial charge in [0.2, 0.25) is 0 Å². The zero-order valence-electron chi connectivity index (χ0n) is 11.7. The second-order valence-electron chi connectivity index (χ2n) is 5.19. The summed E-state index contributed by atoms with van der Waals surface area (Å²) in [5.74, 6) is 0. The molecule has 100 valence electrons. The molecule has 2 rings (SSSR count). The second kappa shape index (κ2) is 5.77. The van der Waals surface area contributed by atoms with Gasteiger partial charge in [-0.25, -0.2) is 0 Å². The van der Waals surface area contributed by atoms with Crippen LogP contribution in [0.15, 0.2) is 36.4 Å². The first-order chi connectivity index (χ1) is 8.99. The zero-order valence-corrected chi connectivity index (χ0v) is 12.5. The van der Waals surface area contributed by atoms with Crippen molar-refractivity contribution in [1.29, 1.82) is 0 Å². The molecule has 1 atom stereocenters. The number of benzene rings is 2. The first-order valence-electron chi connectivity index (χ1n) is 6.55. The third kappa shape index (κ3) is 3.17. The molecule has 0 radical (unpaired) electrons. The zero-order chi connectivity index (χ0) is 14.0. The summed E-state index contributed by atoms with van der Waals surface area (Å²) in [7, 11) is 0. The number of hydrogen-bond acceptors (Lipinski definition) is 1. The number of rotatable bonds is 3. The maximum absolute atomic E-state index is 6.35. The Kier molecular flexibility index (Phi) is 4.28. The molecule has 0 aliphatic rings. The van der Waals surface area contributed by atoms with E-state index in [1.165, 1.54) is 22.3 Å². The average Bonchev–Trinajstić information content (AvgIpc) is 2.36. The van der Waals surface area contributed by atoms with Gasteiger partial charge >= 0.3 is 0 Å². The van der Waals surface area contributed by atoms with Crippen molar-refractivity contribution < 1.29 is 0 Å². The molecule has 2 N–H and O–H groups in total. The summed E-state index contributed by atoms with van der Waals surface area (Å²) in [5, 5.41) is 0.806. The normalized spacial score (nSPS) is 12.5. The van der Waals surface area contributed by atoms with Crippen LogP contribution < -0.4 is 5.73 Å². The molecule has 0 aliphatic carbocycles. The predicted molar refractivity (Wildman–Crippen MR) is 82.7 cm³/mol. The molecule has 1 nitrogen and oxygen atoms in total. The SMILES string of the molecule is Cc1ccc(CC(N)c2cccc(C)c2C)c(Cl)c1. The third-order valence-corrected chi connectivity index (χ3v) is 4.05. The fourth-order valence-corrected chi connectivity index (χ4v) is 2.65. The molecule has 1 unspecified atom stereocenters. The van der Waals surface area contributed by atoms with Crippen molar-refractivity contribution in [2.45, 2.75) is 33.2 Å². The molecule has 0 aromatic heterocycles. The molecule has 19 heavy (non-hydrogen) atoms. The van der Waals surface area contributed by atoms with Crippen LogP contribution in [0.4, 0.5) is 0 Å². The largest absolute Gasteiger partial charge is 0.324 e. The van der Waals surface area contributed by atoms with E-state index in [0.29, 0.717) is 0 Å². The highest BCUT2D eigenvalue weighted by molar-refractivity contribution is 6.31. The Morgan fingerprint density at radius 3 is 2.53 bits per heavy atom. The van der Waals surface area contributed by atoms with Gasteiger partial charge in [-0.15, -0.1) is 0 Å². The topological polar surface area (TPSA) is 26.0 Å². The standard InChI is InChI=1S/C17H20ClN/c1-11-7-8-14(16(18)9-11)10-17(19)15-6-4-5-12(2)13(15)3/h4-9,17H,10,19H2,1-3H3. The fourth-order valence-electron chi connectivity index (χ4n) is 2.34. The minimum atomic E-state index is -0.0138. The van der Waals surface area contributed by atoms with Gasteiger partial charge in [-0.2, -0.15) is 0 Å². The van der Waals surface area contributed by atoms with Crippen molar-refractivity contribution in [3.63, 3.8) is 0 Å². The minimum absolute atomic E-state index is 0.0138. The lowest BCUT2D eigenvalue weighted by Crippen LogP contribution is -2.15. The molecule has 2 aromatic carbocycles. The predicted octanol–water partition coefficient (Wildman–Crippen LogP) is 4.51. The van der Waals surface area contributed by atoms with Crippen molar-refractivity contribution in [1.82, 2.24) is 0 Å². The van der Waals surface area contributed by atoms with E-state index in [1.807, 2.05) is 13.0 Å². The molecule has 0 saturated carbocycles. The summed E-state index contributed by atoms with van der Waals surface area (Å²) >= 11 is 6.28. The van der Waals surface area contributed by atoms with Gasteiger partial charge in [0.25, 0.3) is 0 Å². The lowest BCUT2D eigenvalue weighted by atomic mass is 9.93. The van der Waals surface area contributed by atoms with Gasteiger partial charge in [0, 0.05) is 11.1 Å². The smallest absolute Gasteiger partial charge is 0.0441 e. The molecule has 0 spiro atoms. The van der Waals surface area contributed by atoms with E-state index >= 15 is 0 Å². The van der Waals surface area contributed by atoms with E-state index < -0.39 is 0 Å². The Morgan fingerprint density at radius 2 is 1.84 bits per heavy atom. The number of hydrogen-bond donors (Lipinski definition) is 1. The van der Waals surface area contributed by atoms with E-state index in [1.54, 1.807) is 0 Å². The van der Waals surface area contributed by atoms with Crippen LogP contribution in [0.1, 0.15) is 33.9 Å². The van der Waals surface area contributed by atoms with Crippen molar-refractivity contribution in [2.24, 2.45) is 5.73 Å². The van der Waals surface area contributed by atoms with Crippen LogP contribution in [0.5, 0.6) is 0 Å². The van der Waals surface area contributed by atoms with E-state index in [2.05, 4.69) is 44.2 Å². The highest BCUT2D eigenvalue weighted by atomic mass is 35.5. The molecule has 0 saturated heterocycles. The van der Waals surface area contributed by atoms with Gasteiger partial charge in [-0.3, -0.25) is 0 Å². The first kappa shape index (κ1) is 14.1. The fraction of sp³-hybridized carbons (Fsp3) is 0.294. The van der Waals surface area contributed by atoms with Crippen LogP contribution in [-0.2, 0) is 6.42 Å². The Bertz CT molecular complexity index is 590. The molecular formula is C17H20ClN. The first-order valence-corrected chi connectivity index (χ1v) is 6.93. The number of nitrogens with two attached hydrogens (primary N) is 1. The number of halogens is 1. The highest BCUT2D eigenvalue weighted by Gasteiger charge is 2.12. The lowest BCUT2D eigenvalue weighted by molar-refractivity contribution is 0.715. The van der Waals surface area contributed by atoms with Gasteiger partial charge in [0.15, 0.2) is 0 Å². The Balaban J connectivity index is 2.25. The van der Waals surface area contributed by atoms with Gasteiger partial charge < -0.3 is 5.73 Å². The van der Waals surface area contributed by atoms with Crippen LogP contribution in [0.3, 0.4) is 0 Å². The van der Waals surface area contributed by atoms with Gasteiger partial charge in [-0.1, -0.05) is 41.9 Å². The summed E-state index contributed by atoms with van der Waals surface area (Å²) in [5.41, 5.74) is 12.4. The van der Waals surface area contributed by atoms with Crippen LogP contribution >= 0.6 is 11.6 Å². The summed E-state index contributed by atoms with van der Waals surface area (Å²) in [6.07, 6.45) is 0.767. The summed E-state index contributed by atoms with van der Waals surface area (Å²) in [6.45, 7) is 6.28. The molecule has 0 fully saturated rings. The minimum Gasteiger partial charge on any atom is -0.324 e. The molecule has 0 heterocycles. The molecule has 0 aliphatic heterocycles. The maximum Gasteiger partial charge on any atom is 0.0441 e. The summed E-state index contributed by atoms with van der Waals surface area (Å²) < 4.78 is 0. The second-order valence-corrected chi connectivity index (χ2v) is 5.60. The summed E-state index contributed by atoms with van der Waals surface area (Å²) in [4.78, 5) is 0. The van der Waals surface area contributed by atoms with E-state index in [4.69, 9.17) is 17.3 Å². The van der Waals surface area contributed by atoms with Gasteiger partial charge in [0.1, 0.15) is 0 Å². The highest BCUT2D eigenvalue weighted by Crippen LogP contribution is 2.25. The van der Waals surface area contributed by atoms with Gasteiger partial charge in [0.05, 0.1) is 0 Å². The summed E-state index contributed by atoms with van der Waals surface area (Å²) in [6, 6.07) is 12.4. The molecule has 0 amide bonds. The van der Waals surface area contributed by atoms with Crippen LogP contribution in [0, 0.1) is 20.8 Å². The molecular weight excluding hydrogens is 254 g/mol. The Hall–Kier alpha value is -1.31. The Labute approximate surface area is 120 Å². The van der Waals surface area contributed by atoms with Crippen LogP contribution in [-0.4, -0.2) is 0 Å². The maximum atomic E-state index is 6.35. The van der Waals surface area contributed by atoms with Crippen molar-refractivity contribution in [3.8, 4) is 0 Å². The van der Waals surface area contributed by atoms with Crippen molar-refractivity contribution >= 4 is 11.6 Å². The van der Waals surface area contributed by atoms with E-state index in [-0.39, 0.29) is 6.04 Å². The Morgan fingerprint density at radius 1 is 1.11 bits per heavy atom. The van der Waals surface area contributed by atoms with Gasteiger partial charge in [-0.05, 0) is 61.1 Å². The van der Waals surface area contributed by atoms with Crippen molar-refractivity contribution in [2.75, 3.05) is 0 Å². The molecule has 2 aromatic rings. The molecule has 2 heteroatoms. The van der Waals surface area contributed by atoms with E-state index in [9.17, 15) is 0 Å². The lowest BCUT2D eigenvalue weighted by Gasteiger charge is -2.17. The quantitative estimate of drug-likeness (QED) is 0.875. The van der Waals surface area contributed by atoms with Crippen molar-refractivity contribution in [3.05, 3.63) is 69.2 Å². The molecule has 0 bridgehead atoms. The number of aryl methyl sites for hydroxylation is 2. The third-order valence-electron chi connectivity index (χ3n) is 3.69. The average molecular weight is 274 g/mol. The van der Waals surface area contributed by atoms with Crippen LogP contribution in [0.25, 0.3) is 0 Å².